The van der Waals surface area contributed by atoms with E-state index in [1.807, 2.05) is 66.9 Å². The quantitative estimate of drug-likeness (QED) is 0.169. The van der Waals surface area contributed by atoms with E-state index < -0.39 is 42.0 Å². The van der Waals surface area contributed by atoms with E-state index in [0.29, 0.717) is 25.8 Å². The molecule has 228 valence electrons. The number of H-pyrrole nitrogens is 1. The van der Waals surface area contributed by atoms with Crippen molar-refractivity contribution >= 4 is 34.6 Å². The molecular weight excluding hydrogens is 558 g/mol. The fraction of sp³-hybridized carbons (Fsp3) is 0.294. The third-order valence-electron chi connectivity index (χ3n) is 8.08. The number of likely N-dealkylation sites (tertiary alicyclic amines) is 1. The number of rotatable bonds is 12. The Morgan fingerprint density at radius 3 is 2.11 bits per heavy atom. The van der Waals surface area contributed by atoms with Gasteiger partial charge in [0.2, 0.25) is 17.7 Å². The number of aromatic amines is 1. The lowest BCUT2D eigenvalue weighted by Gasteiger charge is -2.29. The zero-order chi connectivity index (χ0) is 31.1. The van der Waals surface area contributed by atoms with Crippen LogP contribution in [0.1, 0.15) is 29.5 Å². The second-order valence-corrected chi connectivity index (χ2v) is 11.2. The molecular formula is C34H37N5O5. The van der Waals surface area contributed by atoms with E-state index in [0.717, 1.165) is 27.6 Å². The number of carboxylic acids is 1. The van der Waals surface area contributed by atoms with Gasteiger partial charge in [0.1, 0.15) is 18.1 Å². The molecule has 1 saturated heterocycles. The van der Waals surface area contributed by atoms with Crippen LogP contribution in [0.25, 0.3) is 10.9 Å². The Balaban J connectivity index is 1.28. The summed E-state index contributed by atoms with van der Waals surface area (Å²) in [6.07, 6.45) is 3.45. The first kappa shape index (κ1) is 30.5. The van der Waals surface area contributed by atoms with Gasteiger partial charge in [-0.1, -0.05) is 78.9 Å². The summed E-state index contributed by atoms with van der Waals surface area (Å²) < 4.78 is 0. The highest BCUT2D eigenvalue weighted by atomic mass is 16.4. The van der Waals surface area contributed by atoms with Crippen molar-refractivity contribution in [3.05, 3.63) is 108 Å². The molecule has 1 aromatic heterocycles. The molecule has 10 nitrogen and oxygen atoms in total. The lowest BCUT2D eigenvalue weighted by molar-refractivity contribution is -0.143. The number of carbonyl (C=O) groups is 4. The second-order valence-electron chi connectivity index (χ2n) is 11.2. The standard InChI is InChI=1S/C34H37N5O5/c35-26(20-24-21-36-27-15-8-7-14-25(24)27)33(42)39-17-9-16-30(39)32(41)37-28(18-22-10-3-1-4-11-22)31(40)38-29(34(43)44)19-23-12-5-2-6-13-23/h1-8,10-15,21,26,28-30,36H,9,16-20,35H2,(H,37,41)(H,38,40)(H,43,44). The van der Waals surface area contributed by atoms with Crippen LogP contribution in [0.3, 0.4) is 0 Å². The molecule has 0 bridgehead atoms. The number of carbonyl (C=O) groups excluding carboxylic acids is 3. The van der Waals surface area contributed by atoms with Crippen molar-refractivity contribution in [3.63, 3.8) is 0 Å². The van der Waals surface area contributed by atoms with E-state index in [1.54, 1.807) is 24.3 Å². The maximum atomic E-state index is 13.6. The second kappa shape index (κ2) is 14.0. The normalized spacial score (nSPS) is 16.7. The summed E-state index contributed by atoms with van der Waals surface area (Å²) in [6, 6.07) is 22.1. The molecule has 1 aliphatic heterocycles. The van der Waals surface area contributed by atoms with Crippen molar-refractivity contribution < 1.29 is 24.3 Å². The third-order valence-corrected chi connectivity index (χ3v) is 8.08. The van der Waals surface area contributed by atoms with Gasteiger partial charge in [-0.05, 0) is 42.0 Å². The molecule has 2 heterocycles. The van der Waals surface area contributed by atoms with Crippen LogP contribution < -0.4 is 16.4 Å². The number of nitrogens with zero attached hydrogens (tertiary/aromatic N) is 1. The molecule has 5 rings (SSSR count). The fourth-order valence-corrected chi connectivity index (χ4v) is 5.79. The van der Waals surface area contributed by atoms with Crippen LogP contribution >= 0.6 is 0 Å². The zero-order valence-corrected chi connectivity index (χ0v) is 24.3. The summed E-state index contributed by atoms with van der Waals surface area (Å²) in [4.78, 5) is 57.4. The van der Waals surface area contributed by atoms with Gasteiger partial charge in [-0.25, -0.2) is 4.79 Å². The van der Waals surface area contributed by atoms with Crippen molar-refractivity contribution in [1.82, 2.24) is 20.5 Å². The van der Waals surface area contributed by atoms with Gasteiger partial charge >= 0.3 is 5.97 Å². The summed E-state index contributed by atoms with van der Waals surface area (Å²) in [5.74, 6) is -2.59. The minimum absolute atomic E-state index is 0.0904. The van der Waals surface area contributed by atoms with E-state index in [1.165, 1.54) is 4.90 Å². The summed E-state index contributed by atoms with van der Waals surface area (Å²) in [6.45, 7) is 0.381. The number of para-hydroxylation sites is 1. The van der Waals surface area contributed by atoms with Crippen LogP contribution in [-0.4, -0.2) is 69.4 Å². The highest BCUT2D eigenvalue weighted by molar-refractivity contribution is 5.95. The molecule has 10 heteroatoms. The van der Waals surface area contributed by atoms with Gasteiger partial charge in [-0.3, -0.25) is 14.4 Å². The predicted molar refractivity (Wildman–Crippen MR) is 167 cm³/mol. The number of hydrogen-bond acceptors (Lipinski definition) is 5. The smallest absolute Gasteiger partial charge is 0.326 e. The first-order valence-corrected chi connectivity index (χ1v) is 14.8. The largest absolute Gasteiger partial charge is 0.480 e. The Hall–Kier alpha value is -4.96. The van der Waals surface area contributed by atoms with Crippen molar-refractivity contribution in [3.8, 4) is 0 Å². The number of nitrogens with one attached hydrogen (secondary N) is 3. The number of aromatic nitrogens is 1. The van der Waals surface area contributed by atoms with E-state index in [9.17, 15) is 24.3 Å². The molecule has 1 fully saturated rings. The molecule has 1 aliphatic rings. The Kier molecular flexibility index (Phi) is 9.71. The molecule has 4 aromatic rings. The van der Waals surface area contributed by atoms with Gasteiger partial charge < -0.3 is 31.4 Å². The lowest BCUT2D eigenvalue weighted by atomic mass is 10.0. The van der Waals surface area contributed by atoms with Crippen LogP contribution in [0.5, 0.6) is 0 Å². The minimum Gasteiger partial charge on any atom is -0.480 e. The Labute approximate surface area is 255 Å². The van der Waals surface area contributed by atoms with Crippen molar-refractivity contribution in [2.24, 2.45) is 5.73 Å². The zero-order valence-electron chi connectivity index (χ0n) is 24.3. The van der Waals surface area contributed by atoms with Crippen LogP contribution in [0.2, 0.25) is 0 Å². The molecule has 44 heavy (non-hydrogen) atoms. The van der Waals surface area contributed by atoms with Gasteiger partial charge in [0.15, 0.2) is 0 Å². The first-order valence-electron chi connectivity index (χ1n) is 14.8. The maximum Gasteiger partial charge on any atom is 0.326 e. The lowest BCUT2D eigenvalue weighted by Crippen LogP contribution is -2.57. The van der Waals surface area contributed by atoms with Crippen molar-refractivity contribution in [1.29, 1.82) is 0 Å². The van der Waals surface area contributed by atoms with Gasteiger partial charge in [0.05, 0.1) is 6.04 Å². The highest BCUT2D eigenvalue weighted by Gasteiger charge is 2.38. The number of aliphatic carboxylic acids is 1. The Morgan fingerprint density at radius 2 is 1.45 bits per heavy atom. The average molecular weight is 596 g/mol. The molecule has 3 amide bonds. The maximum absolute atomic E-state index is 13.6. The number of benzene rings is 3. The van der Waals surface area contributed by atoms with E-state index in [2.05, 4.69) is 15.6 Å². The molecule has 4 atom stereocenters. The fourth-order valence-electron chi connectivity index (χ4n) is 5.79. The number of carboxylic acid groups (broad SMARTS) is 1. The molecule has 0 radical (unpaired) electrons. The van der Waals surface area contributed by atoms with Crippen molar-refractivity contribution in [2.45, 2.75) is 56.3 Å². The topological polar surface area (TPSA) is 158 Å². The molecule has 4 unspecified atom stereocenters. The van der Waals surface area contributed by atoms with Crippen molar-refractivity contribution in [2.75, 3.05) is 6.54 Å². The van der Waals surface area contributed by atoms with Crippen LogP contribution in [0.4, 0.5) is 0 Å². The van der Waals surface area contributed by atoms with E-state index in [-0.39, 0.29) is 18.7 Å². The summed E-state index contributed by atoms with van der Waals surface area (Å²) in [5, 5.41) is 16.3. The van der Waals surface area contributed by atoms with E-state index in [4.69, 9.17) is 5.73 Å². The number of amides is 3. The number of nitrogens with two attached hydrogens (primary N) is 1. The third kappa shape index (κ3) is 7.33. The molecule has 0 aliphatic carbocycles. The van der Waals surface area contributed by atoms with E-state index >= 15 is 0 Å². The predicted octanol–water partition coefficient (Wildman–Crippen LogP) is 2.57. The first-order chi connectivity index (χ1) is 21.3. The molecule has 0 saturated carbocycles. The highest BCUT2D eigenvalue weighted by Crippen LogP contribution is 2.22. The minimum atomic E-state index is -1.19. The summed E-state index contributed by atoms with van der Waals surface area (Å²) in [5.41, 5.74) is 9.81. The van der Waals surface area contributed by atoms with Gasteiger partial charge in [0.25, 0.3) is 0 Å². The molecule has 6 N–H and O–H groups in total. The van der Waals surface area contributed by atoms with Crippen LogP contribution in [0, 0.1) is 0 Å². The Bertz CT molecular complexity index is 1610. The van der Waals surface area contributed by atoms with Crippen LogP contribution in [-0.2, 0) is 38.4 Å². The van der Waals surface area contributed by atoms with Gasteiger partial charge in [-0.15, -0.1) is 0 Å². The monoisotopic (exact) mass is 595 g/mol. The average Bonchev–Trinajstić information content (AvgIpc) is 3.69. The summed E-state index contributed by atoms with van der Waals surface area (Å²) >= 11 is 0. The summed E-state index contributed by atoms with van der Waals surface area (Å²) in [7, 11) is 0. The SMILES string of the molecule is NC(Cc1c[nH]c2ccccc12)C(=O)N1CCCC1C(=O)NC(Cc1ccccc1)C(=O)NC(Cc1ccccc1)C(=O)O. The number of fused-ring (bicyclic) bond motifs is 1. The Morgan fingerprint density at radius 1 is 0.841 bits per heavy atom. The molecule has 3 aromatic carbocycles. The van der Waals surface area contributed by atoms with Crippen LogP contribution in [0.15, 0.2) is 91.1 Å². The van der Waals surface area contributed by atoms with Gasteiger partial charge in [-0.2, -0.15) is 0 Å². The molecule has 0 spiro atoms. The van der Waals surface area contributed by atoms with Gasteiger partial charge in [0, 0.05) is 36.5 Å². The number of hydrogen-bond donors (Lipinski definition) is 5.